The Labute approximate surface area is 242 Å². The fourth-order valence-corrected chi connectivity index (χ4v) is 3.04. The van der Waals surface area contributed by atoms with Gasteiger partial charge in [-0.2, -0.15) is 0 Å². The third-order valence-corrected chi connectivity index (χ3v) is 5.05. The summed E-state index contributed by atoms with van der Waals surface area (Å²) in [6.45, 7) is 15.2. The smallest absolute Gasteiger partial charge is 0.468 e. The summed E-state index contributed by atoms with van der Waals surface area (Å²) in [6.07, 6.45) is -3.10. The predicted octanol–water partition coefficient (Wildman–Crippen LogP) is 5.42. The largest absolute Gasteiger partial charge is 0.513 e. The van der Waals surface area contributed by atoms with Gasteiger partial charge < -0.3 is 38.9 Å². The van der Waals surface area contributed by atoms with Gasteiger partial charge in [-0.1, -0.05) is 61.5 Å². The van der Waals surface area contributed by atoms with Crippen LogP contribution in [0.5, 0.6) is 11.5 Å². The molecular weight excluding hydrogens is 538 g/mol. The van der Waals surface area contributed by atoms with Crippen molar-refractivity contribution in [1.82, 2.24) is 0 Å². The molecule has 12 nitrogen and oxygen atoms in total. The Balaban J connectivity index is 3.16. The van der Waals surface area contributed by atoms with Crippen molar-refractivity contribution in [2.24, 2.45) is 22.5 Å². The molecule has 1 rings (SSSR count). The summed E-state index contributed by atoms with van der Waals surface area (Å²) < 4.78 is 35.9. The van der Waals surface area contributed by atoms with E-state index in [9.17, 15) is 19.2 Å². The average Bonchev–Trinajstić information content (AvgIpc) is 2.85. The Kier molecular flexibility index (Phi) is 13.4. The Bertz CT molecular complexity index is 1040. The summed E-state index contributed by atoms with van der Waals surface area (Å²) in [5.41, 5.74) is 4.58. The van der Waals surface area contributed by atoms with Crippen molar-refractivity contribution in [3.05, 3.63) is 23.8 Å². The third kappa shape index (κ3) is 14.6. The fourth-order valence-electron chi connectivity index (χ4n) is 3.04. The van der Waals surface area contributed by atoms with Gasteiger partial charge in [0.25, 0.3) is 0 Å². The maximum Gasteiger partial charge on any atom is 0.513 e. The summed E-state index contributed by atoms with van der Waals surface area (Å²) in [4.78, 5) is 49.2. The van der Waals surface area contributed by atoms with Gasteiger partial charge >= 0.3 is 24.4 Å². The van der Waals surface area contributed by atoms with E-state index in [0.29, 0.717) is 5.56 Å². The molecule has 0 heterocycles. The second kappa shape index (κ2) is 15.5. The van der Waals surface area contributed by atoms with Gasteiger partial charge in [-0.3, -0.25) is 4.79 Å². The number of ether oxygens (including phenoxy) is 7. The number of hydrogen-bond acceptors (Lipinski definition) is 12. The monoisotopic (exact) mass is 583 g/mol. The van der Waals surface area contributed by atoms with Crippen LogP contribution in [0, 0.1) is 16.7 Å². The molecule has 0 radical (unpaired) electrons. The average molecular weight is 584 g/mol. The van der Waals surface area contributed by atoms with Crippen LogP contribution < -0.4 is 15.2 Å². The summed E-state index contributed by atoms with van der Waals surface area (Å²) in [5.74, 6) is -0.900. The number of carbonyl (C=O) groups is 4. The molecule has 0 aromatic heterocycles. The minimum absolute atomic E-state index is 0.0726. The number of methoxy groups -OCH3 is 1. The first-order valence-electron chi connectivity index (χ1n) is 13.3. The highest BCUT2D eigenvalue weighted by Crippen LogP contribution is 2.32. The molecule has 0 unspecified atom stereocenters. The van der Waals surface area contributed by atoms with Gasteiger partial charge in [0.1, 0.15) is 5.54 Å². The SMILES string of the molecule is COC(=O)[C@@](N)(CCOC(=O)OCC(C)C)Cc1ccc(OC(=O)OCC(C)(C)C)c(OC(=O)OCC(C)(C)C)c1. The zero-order valence-electron chi connectivity index (χ0n) is 25.6. The lowest BCUT2D eigenvalue weighted by atomic mass is 9.88. The maximum absolute atomic E-state index is 12.6. The van der Waals surface area contributed by atoms with Crippen LogP contribution >= 0.6 is 0 Å². The van der Waals surface area contributed by atoms with E-state index in [1.165, 1.54) is 25.3 Å². The van der Waals surface area contributed by atoms with Crippen LogP contribution in [0.3, 0.4) is 0 Å². The van der Waals surface area contributed by atoms with E-state index in [1.807, 2.05) is 55.4 Å². The highest BCUT2D eigenvalue weighted by molar-refractivity contribution is 5.81. The first-order chi connectivity index (χ1) is 18.8. The van der Waals surface area contributed by atoms with Crippen molar-refractivity contribution in [1.29, 1.82) is 0 Å². The van der Waals surface area contributed by atoms with Gasteiger partial charge in [0.15, 0.2) is 11.5 Å². The summed E-state index contributed by atoms with van der Waals surface area (Å²) in [6, 6.07) is 4.28. The van der Waals surface area contributed by atoms with Crippen molar-refractivity contribution in [2.45, 2.75) is 73.8 Å². The Morgan fingerprint density at radius 1 is 0.780 bits per heavy atom. The van der Waals surface area contributed by atoms with Crippen LogP contribution in [0.25, 0.3) is 0 Å². The van der Waals surface area contributed by atoms with Crippen molar-refractivity contribution in [3.63, 3.8) is 0 Å². The third-order valence-electron chi connectivity index (χ3n) is 5.05. The minimum atomic E-state index is -1.62. The van der Waals surface area contributed by atoms with E-state index in [1.54, 1.807) is 0 Å². The van der Waals surface area contributed by atoms with Crippen LogP contribution in [0.15, 0.2) is 18.2 Å². The lowest BCUT2D eigenvalue weighted by molar-refractivity contribution is -0.147. The normalized spacial score (nSPS) is 13.0. The van der Waals surface area contributed by atoms with Crippen molar-refractivity contribution in [3.8, 4) is 11.5 Å². The Hall–Kier alpha value is -3.54. The second-order valence-electron chi connectivity index (χ2n) is 12.6. The number of rotatable bonds is 12. The molecule has 0 fully saturated rings. The number of hydrogen-bond donors (Lipinski definition) is 1. The van der Waals surface area contributed by atoms with Gasteiger partial charge in [-0.05, 0) is 34.4 Å². The van der Waals surface area contributed by atoms with E-state index >= 15 is 0 Å². The molecule has 12 heteroatoms. The molecule has 41 heavy (non-hydrogen) atoms. The van der Waals surface area contributed by atoms with Crippen molar-refractivity contribution < 1.29 is 52.3 Å². The molecule has 0 saturated heterocycles. The maximum atomic E-state index is 12.6. The van der Waals surface area contributed by atoms with E-state index in [4.69, 9.17) is 38.9 Å². The van der Waals surface area contributed by atoms with Gasteiger partial charge in [0.2, 0.25) is 0 Å². The molecule has 1 aromatic carbocycles. The highest BCUT2D eigenvalue weighted by atomic mass is 16.7. The van der Waals surface area contributed by atoms with E-state index in [-0.39, 0.29) is 67.5 Å². The molecular formula is C29H45NO11. The lowest BCUT2D eigenvalue weighted by Crippen LogP contribution is -2.51. The minimum Gasteiger partial charge on any atom is -0.468 e. The van der Waals surface area contributed by atoms with Gasteiger partial charge in [-0.25, -0.2) is 14.4 Å². The molecule has 0 aliphatic rings. The van der Waals surface area contributed by atoms with Crippen molar-refractivity contribution >= 4 is 24.4 Å². The number of nitrogens with two attached hydrogens (primary N) is 1. The summed E-state index contributed by atoms with van der Waals surface area (Å²) >= 11 is 0. The fraction of sp³-hybridized carbons (Fsp3) is 0.655. The van der Waals surface area contributed by atoms with Crippen LogP contribution in [-0.4, -0.2) is 63.5 Å². The number of carbonyl (C=O) groups excluding carboxylic acids is 4. The molecule has 0 aliphatic heterocycles. The first kappa shape index (κ1) is 35.5. The second-order valence-corrected chi connectivity index (χ2v) is 12.6. The Morgan fingerprint density at radius 2 is 1.32 bits per heavy atom. The van der Waals surface area contributed by atoms with Gasteiger partial charge in [0, 0.05) is 12.8 Å². The molecule has 1 aromatic rings. The zero-order valence-corrected chi connectivity index (χ0v) is 25.6. The molecule has 0 spiro atoms. The highest BCUT2D eigenvalue weighted by Gasteiger charge is 2.36. The van der Waals surface area contributed by atoms with Crippen LogP contribution in [0.2, 0.25) is 0 Å². The van der Waals surface area contributed by atoms with Crippen LogP contribution in [0.4, 0.5) is 14.4 Å². The number of benzene rings is 1. The summed E-state index contributed by atoms with van der Waals surface area (Å²) in [7, 11) is 1.18. The predicted molar refractivity (Wildman–Crippen MR) is 149 cm³/mol. The Morgan fingerprint density at radius 3 is 1.80 bits per heavy atom. The van der Waals surface area contributed by atoms with Crippen LogP contribution in [0.1, 0.15) is 67.4 Å². The molecule has 2 N–H and O–H groups in total. The van der Waals surface area contributed by atoms with Crippen molar-refractivity contribution in [2.75, 3.05) is 33.5 Å². The van der Waals surface area contributed by atoms with Gasteiger partial charge in [-0.15, -0.1) is 0 Å². The standard InChI is InChI=1S/C29H45NO11/c1-19(2)16-37-24(32)36-13-12-29(30,23(31)35-9)15-20-10-11-21(40-25(33)38-17-27(3,4)5)22(14-20)41-26(34)39-18-28(6,7)8/h10-11,14,19H,12-13,15-18,30H2,1-9H3/t29-/m1/s1. The number of esters is 1. The topological polar surface area (TPSA) is 159 Å². The molecule has 0 saturated carbocycles. The molecule has 232 valence electrons. The quantitative estimate of drug-likeness (QED) is 0.189. The molecule has 1 atom stereocenters. The summed E-state index contributed by atoms with van der Waals surface area (Å²) in [5, 5.41) is 0. The first-order valence-corrected chi connectivity index (χ1v) is 13.3. The van der Waals surface area contributed by atoms with E-state index in [2.05, 4.69) is 0 Å². The van der Waals surface area contributed by atoms with Crippen LogP contribution in [-0.2, 0) is 34.9 Å². The van der Waals surface area contributed by atoms with E-state index in [0.717, 1.165) is 0 Å². The lowest BCUT2D eigenvalue weighted by Gasteiger charge is -2.26. The molecule has 0 bridgehead atoms. The molecule has 0 amide bonds. The zero-order chi connectivity index (χ0) is 31.4. The molecule has 0 aliphatic carbocycles. The van der Waals surface area contributed by atoms with Gasteiger partial charge in [0.05, 0.1) is 33.5 Å². The van der Waals surface area contributed by atoms with E-state index < -0.39 is 30.0 Å².